The molecule has 0 aliphatic rings. The molecular weight excluding hydrogens is 312 g/mol. The molecule has 0 saturated heterocycles. The number of hydrogen-bond acceptors (Lipinski definition) is 4. The molecule has 0 atom stereocenters. The van der Waals surface area contributed by atoms with Gasteiger partial charge in [0.1, 0.15) is 11.5 Å². The van der Waals surface area contributed by atoms with Gasteiger partial charge in [0.05, 0.1) is 4.47 Å². The van der Waals surface area contributed by atoms with E-state index in [4.69, 9.17) is 9.47 Å². The lowest BCUT2D eigenvalue weighted by Crippen LogP contribution is -2.02. The maximum atomic E-state index is 11.0. The molecule has 0 heterocycles. The highest BCUT2D eigenvalue weighted by atomic mass is 79.9. The van der Waals surface area contributed by atoms with Gasteiger partial charge in [-0.1, -0.05) is 6.07 Å². The van der Waals surface area contributed by atoms with Crippen LogP contribution in [0.15, 0.2) is 34.8 Å². The molecule has 0 spiro atoms. The van der Waals surface area contributed by atoms with E-state index in [1.165, 1.54) is 13.8 Å². The average Bonchev–Trinajstić information content (AvgIpc) is 2.29. The number of ether oxygens (including phenoxy) is 2. The second-order valence-corrected chi connectivity index (χ2v) is 4.83. The molecule has 98 valence electrons. The fourth-order valence-corrected chi connectivity index (χ4v) is 2.13. The number of esters is 2. The van der Waals surface area contributed by atoms with Crippen LogP contribution in [0.2, 0.25) is 0 Å². The lowest BCUT2D eigenvalue weighted by atomic mass is 10.1. The molecule has 0 aliphatic carbocycles. The molecule has 0 fully saturated rings. The molecular formula is C14H11BrO4. The van der Waals surface area contributed by atoms with Crippen molar-refractivity contribution in [2.75, 3.05) is 0 Å². The summed E-state index contributed by atoms with van der Waals surface area (Å²) in [7, 11) is 0. The third-order valence-electron chi connectivity index (χ3n) is 2.38. The van der Waals surface area contributed by atoms with Crippen molar-refractivity contribution in [3.63, 3.8) is 0 Å². The van der Waals surface area contributed by atoms with Gasteiger partial charge in [-0.2, -0.15) is 0 Å². The summed E-state index contributed by atoms with van der Waals surface area (Å²) in [6.07, 6.45) is 0. The van der Waals surface area contributed by atoms with Gasteiger partial charge in [-0.15, -0.1) is 0 Å². The van der Waals surface area contributed by atoms with Crippen LogP contribution < -0.4 is 9.47 Å². The van der Waals surface area contributed by atoms with Crippen LogP contribution in [0.1, 0.15) is 13.8 Å². The number of benzene rings is 2. The number of carbonyl (C=O) groups is 2. The van der Waals surface area contributed by atoms with Crippen LogP contribution in [-0.4, -0.2) is 11.9 Å². The average molecular weight is 323 g/mol. The Morgan fingerprint density at radius 3 is 2.26 bits per heavy atom. The molecule has 0 radical (unpaired) electrons. The van der Waals surface area contributed by atoms with E-state index in [1.54, 1.807) is 30.3 Å². The van der Waals surface area contributed by atoms with Crippen LogP contribution in [0.5, 0.6) is 11.5 Å². The first-order chi connectivity index (χ1) is 8.95. The van der Waals surface area contributed by atoms with E-state index in [0.717, 1.165) is 10.8 Å². The molecule has 19 heavy (non-hydrogen) atoms. The van der Waals surface area contributed by atoms with Gasteiger partial charge in [0.15, 0.2) is 0 Å². The zero-order valence-corrected chi connectivity index (χ0v) is 12.0. The first kappa shape index (κ1) is 13.5. The number of halogens is 1. The highest BCUT2D eigenvalue weighted by Gasteiger charge is 2.08. The van der Waals surface area contributed by atoms with Crippen molar-refractivity contribution in [2.45, 2.75) is 13.8 Å². The highest BCUT2D eigenvalue weighted by Crippen LogP contribution is 2.32. The van der Waals surface area contributed by atoms with E-state index >= 15 is 0 Å². The van der Waals surface area contributed by atoms with Gasteiger partial charge in [-0.05, 0) is 51.0 Å². The Hall–Kier alpha value is -1.88. The largest absolute Gasteiger partial charge is 0.427 e. The Morgan fingerprint density at radius 1 is 0.947 bits per heavy atom. The van der Waals surface area contributed by atoms with Crippen molar-refractivity contribution in [1.29, 1.82) is 0 Å². The van der Waals surface area contributed by atoms with Crippen LogP contribution in [0.3, 0.4) is 0 Å². The minimum absolute atomic E-state index is 0.366. The molecule has 0 aromatic heterocycles. The maximum Gasteiger partial charge on any atom is 0.308 e. The van der Waals surface area contributed by atoms with Gasteiger partial charge >= 0.3 is 11.9 Å². The molecule has 0 saturated carbocycles. The summed E-state index contributed by atoms with van der Waals surface area (Å²) in [4.78, 5) is 21.9. The maximum absolute atomic E-state index is 11.0. The van der Waals surface area contributed by atoms with Crippen molar-refractivity contribution in [3.05, 3.63) is 34.8 Å². The SMILES string of the molecule is CC(=O)Oc1ccc2cc(OC(C)=O)c(Br)cc2c1. The first-order valence-corrected chi connectivity index (χ1v) is 6.35. The third-order valence-corrected chi connectivity index (χ3v) is 3.00. The molecule has 2 aromatic carbocycles. The van der Waals surface area contributed by atoms with Crippen molar-refractivity contribution in [2.24, 2.45) is 0 Å². The van der Waals surface area contributed by atoms with Gasteiger partial charge < -0.3 is 9.47 Å². The molecule has 0 bridgehead atoms. The van der Waals surface area contributed by atoms with E-state index in [-0.39, 0.29) is 11.9 Å². The standard InChI is InChI=1S/C14H11BrO4/c1-8(16)18-12-4-3-10-7-14(19-9(2)17)13(15)6-11(10)5-12/h3-7H,1-2H3. The third kappa shape index (κ3) is 3.32. The van der Waals surface area contributed by atoms with E-state index in [9.17, 15) is 9.59 Å². The smallest absolute Gasteiger partial charge is 0.308 e. The van der Waals surface area contributed by atoms with Crippen LogP contribution in [-0.2, 0) is 9.59 Å². The summed E-state index contributed by atoms with van der Waals surface area (Å²) in [5, 5.41) is 1.76. The second kappa shape index (κ2) is 5.40. The van der Waals surface area contributed by atoms with Crippen LogP contribution in [0, 0.1) is 0 Å². The van der Waals surface area contributed by atoms with Crippen LogP contribution in [0.25, 0.3) is 10.8 Å². The highest BCUT2D eigenvalue weighted by molar-refractivity contribution is 9.10. The number of carbonyl (C=O) groups excluding carboxylic acids is 2. The molecule has 0 N–H and O–H groups in total. The Labute approximate surface area is 118 Å². The molecule has 0 aliphatic heterocycles. The van der Waals surface area contributed by atoms with Gasteiger partial charge in [0.2, 0.25) is 0 Å². The quantitative estimate of drug-likeness (QED) is 0.627. The Bertz CT molecular complexity index is 664. The predicted octanol–water partition coefficient (Wildman–Crippen LogP) is 3.45. The van der Waals surface area contributed by atoms with Crippen molar-refractivity contribution in [1.82, 2.24) is 0 Å². The van der Waals surface area contributed by atoms with Crippen LogP contribution >= 0.6 is 15.9 Å². The Balaban J connectivity index is 2.45. The number of rotatable bonds is 2. The Kier molecular flexibility index (Phi) is 3.85. The summed E-state index contributed by atoms with van der Waals surface area (Å²) in [5.74, 6) is 0.193. The summed E-state index contributed by atoms with van der Waals surface area (Å²) in [5.41, 5.74) is 0. The van der Waals surface area contributed by atoms with Gasteiger partial charge in [-0.3, -0.25) is 9.59 Å². The van der Waals surface area contributed by atoms with Gasteiger partial charge in [0, 0.05) is 13.8 Å². The zero-order valence-electron chi connectivity index (χ0n) is 10.4. The van der Waals surface area contributed by atoms with E-state index in [0.29, 0.717) is 16.0 Å². The zero-order chi connectivity index (χ0) is 14.0. The van der Waals surface area contributed by atoms with Crippen molar-refractivity contribution in [3.8, 4) is 11.5 Å². The fourth-order valence-electron chi connectivity index (χ4n) is 1.69. The number of fused-ring (bicyclic) bond motifs is 1. The molecule has 0 unspecified atom stereocenters. The molecule has 4 nitrogen and oxygen atoms in total. The summed E-state index contributed by atoms with van der Waals surface area (Å²) in [6, 6.07) is 8.79. The minimum atomic E-state index is -0.378. The molecule has 2 rings (SSSR count). The molecule has 5 heteroatoms. The minimum Gasteiger partial charge on any atom is -0.427 e. The van der Waals surface area contributed by atoms with E-state index < -0.39 is 0 Å². The lowest BCUT2D eigenvalue weighted by molar-refractivity contribution is -0.132. The summed E-state index contributed by atoms with van der Waals surface area (Å²) >= 11 is 3.34. The van der Waals surface area contributed by atoms with Crippen LogP contribution in [0.4, 0.5) is 0 Å². The fraction of sp³-hybridized carbons (Fsp3) is 0.143. The topological polar surface area (TPSA) is 52.6 Å². The first-order valence-electron chi connectivity index (χ1n) is 5.56. The Morgan fingerprint density at radius 2 is 1.63 bits per heavy atom. The van der Waals surface area contributed by atoms with E-state index in [2.05, 4.69) is 15.9 Å². The van der Waals surface area contributed by atoms with Gasteiger partial charge in [0.25, 0.3) is 0 Å². The summed E-state index contributed by atoms with van der Waals surface area (Å²) < 4.78 is 10.8. The lowest BCUT2D eigenvalue weighted by Gasteiger charge is -2.08. The van der Waals surface area contributed by atoms with Crippen molar-refractivity contribution >= 4 is 38.6 Å². The molecule has 2 aromatic rings. The van der Waals surface area contributed by atoms with Gasteiger partial charge in [-0.25, -0.2) is 0 Å². The summed E-state index contributed by atoms with van der Waals surface area (Å²) in [6.45, 7) is 2.70. The normalized spacial score (nSPS) is 10.3. The van der Waals surface area contributed by atoms with Crippen molar-refractivity contribution < 1.29 is 19.1 Å². The second-order valence-electron chi connectivity index (χ2n) is 3.98. The number of hydrogen-bond donors (Lipinski definition) is 0. The van der Waals surface area contributed by atoms with E-state index in [1.807, 2.05) is 0 Å². The predicted molar refractivity (Wildman–Crippen MR) is 74.3 cm³/mol. The molecule has 0 amide bonds. The monoisotopic (exact) mass is 322 g/mol.